The van der Waals surface area contributed by atoms with Crippen molar-refractivity contribution in [1.29, 1.82) is 0 Å². The van der Waals surface area contributed by atoms with Gasteiger partial charge in [0.05, 0.1) is 19.1 Å². The van der Waals surface area contributed by atoms with Gasteiger partial charge in [0.1, 0.15) is 0 Å². The smallest absolute Gasteiger partial charge is 0.229 e. The fraction of sp³-hybridized carbons (Fsp3) is 0.579. The Morgan fingerprint density at radius 2 is 1.84 bits per heavy atom. The van der Waals surface area contributed by atoms with Crippen molar-refractivity contribution >= 4 is 17.5 Å². The number of likely N-dealkylation sites (tertiary alicyclic amines) is 1. The summed E-state index contributed by atoms with van der Waals surface area (Å²) >= 11 is 0. The third-order valence-electron chi connectivity index (χ3n) is 4.10. The molecule has 1 aromatic rings. The Balaban J connectivity index is 2.05. The summed E-state index contributed by atoms with van der Waals surface area (Å²) < 4.78 is 11.4. The normalized spacial score (nSPS) is 16.8. The maximum atomic E-state index is 12.4. The molecule has 1 N–H and O–H groups in total. The van der Waals surface area contributed by atoms with Gasteiger partial charge in [-0.15, -0.1) is 0 Å². The van der Waals surface area contributed by atoms with Crippen LogP contribution in [-0.2, 0) is 9.59 Å². The van der Waals surface area contributed by atoms with Crippen molar-refractivity contribution < 1.29 is 19.1 Å². The summed E-state index contributed by atoms with van der Waals surface area (Å²) in [6, 6.07) is 5.40. The molecule has 1 atom stereocenters. The zero-order valence-electron chi connectivity index (χ0n) is 15.3. The van der Waals surface area contributed by atoms with Crippen LogP contribution < -0.4 is 14.8 Å². The van der Waals surface area contributed by atoms with Crippen molar-refractivity contribution in [3.05, 3.63) is 18.2 Å². The fourth-order valence-corrected chi connectivity index (χ4v) is 2.74. The monoisotopic (exact) mass is 348 g/mol. The zero-order chi connectivity index (χ0) is 18.2. The van der Waals surface area contributed by atoms with Gasteiger partial charge in [0.2, 0.25) is 11.8 Å². The lowest BCUT2D eigenvalue weighted by molar-refractivity contribution is -0.128. The SMILES string of the molecule is CCCOc1ccc(NC(=O)C2CC(=O)N(CC)C2)cc1OCCC. The highest BCUT2D eigenvalue weighted by Crippen LogP contribution is 2.31. The number of rotatable bonds is 9. The standard InChI is InChI=1S/C19H28N2O4/c1-4-9-24-16-8-7-15(12-17(16)25-10-5-2)20-19(23)14-11-18(22)21(6-3)13-14/h7-8,12,14H,4-6,9-11,13H2,1-3H3,(H,20,23). The van der Waals surface area contributed by atoms with Crippen LogP contribution in [0.3, 0.4) is 0 Å². The van der Waals surface area contributed by atoms with Crippen molar-refractivity contribution in [2.45, 2.75) is 40.0 Å². The number of anilines is 1. The van der Waals surface area contributed by atoms with Gasteiger partial charge in [0.15, 0.2) is 11.5 Å². The molecule has 1 aromatic carbocycles. The Bertz CT molecular complexity index is 603. The van der Waals surface area contributed by atoms with E-state index in [-0.39, 0.29) is 24.2 Å². The first kappa shape index (κ1) is 19.1. The Morgan fingerprint density at radius 1 is 1.16 bits per heavy atom. The second kappa shape index (κ2) is 9.30. The molecular formula is C19H28N2O4. The van der Waals surface area contributed by atoms with Crippen LogP contribution >= 0.6 is 0 Å². The van der Waals surface area contributed by atoms with Gasteiger partial charge in [-0.25, -0.2) is 0 Å². The summed E-state index contributed by atoms with van der Waals surface area (Å²) in [5, 5.41) is 2.90. The molecule has 0 radical (unpaired) electrons. The minimum absolute atomic E-state index is 0.0398. The van der Waals surface area contributed by atoms with Crippen LogP contribution in [0.2, 0.25) is 0 Å². The third kappa shape index (κ3) is 5.11. The molecule has 0 aromatic heterocycles. The summed E-state index contributed by atoms with van der Waals surface area (Å²) in [6.45, 7) is 8.33. The molecule has 6 nitrogen and oxygen atoms in total. The number of amides is 2. The van der Waals surface area contributed by atoms with Gasteiger partial charge in [-0.05, 0) is 31.9 Å². The van der Waals surface area contributed by atoms with E-state index in [1.165, 1.54) is 0 Å². The van der Waals surface area contributed by atoms with Crippen molar-refractivity contribution in [2.75, 3.05) is 31.6 Å². The molecule has 1 unspecified atom stereocenters. The molecule has 0 aliphatic carbocycles. The Hall–Kier alpha value is -2.24. The quantitative estimate of drug-likeness (QED) is 0.745. The second-order valence-corrected chi connectivity index (χ2v) is 6.18. The molecule has 0 spiro atoms. The van der Waals surface area contributed by atoms with Gasteiger partial charge in [-0.2, -0.15) is 0 Å². The van der Waals surface area contributed by atoms with E-state index < -0.39 is 0 Å². The molecule has 6 heteroatoms. The molecular weight excluding hydrogens is 320 g/mol. The van der Waals surface area contributed by atoms with Gasteiger partial charge in [0, 0.05) is 31.3 Å². The predicted molar refractivity (Wildman–Crippen MR) is 97.0 cm³/mol. The van der Waals surface area contributed by atoms with Crippen LogP contribution in [-0.4, -0.2) is 43.0 Å². The van der Waals surface area contributed by atoms with Crippen LogP contribution in [0, 0.1) is 5.92 Å². The first-order valence-corrected chi connectivity index (χ1v) is 9.07. The molecule has 1 aliphatic rings. The molecule has 2 amide bonds. The van der Waals surface area contributed by atoms with E-state index >= 15 is 0 Å². The minimum atomic E-state index is -0.302. The lowest BCUT2D eigenvalue weighted by atomic mass is 10.1. The molecule has 138 valence electrons. The topological polar surface area (TPSA) is 67.9 Å². The van der Waals surface area contributed by atoms with Gasteiger partial charge in [0.25, 0.3) is 0 Å². The highest BCUT2D eigenvalue weighted by atomic mass is 16.5. The van der Waals surface area contributed by atoms with E-state index in [0.29, 0.717) is 43.5 Å². The highest BCUT2D eigenvalue weighted by Gasteiger charge is 2.33. The molecule has 1 saturated heterocycles. The molecule has 0 bridgehead atoms. The number of hydrogen-bond donors (Lipinski definition) is 1. The van der Waals surface area contributed by atoms with E-state index in [2.05, 4.69) is 5.32 Å². The van der Waals surface area contributed by atoms with Crippen LogP contribution in [0.1, 0.15) is 40.0 Å². The van der Waals surface area contributed by atoms with E-state index in [9.17, 15) is 9.59 Å². The van der Waals surface area contributed by atoms with Gasteiger partial charge >= 0.3 is 0 Å². The predicted octanol–water partition coefficient (Wildman–Crippen LogP) is 3.07. The maximum absolute atomic E-state index is 12.4. The van der Waals surface area contributed by atoms with Gasteiger partial charge < -0.3 is 19.7 Å². The van der Waals surface area contributed by atoms with Gasteiger partial charge in [-0.3, -0.25) is 9.59 Å². The van der Waals surface area contributed by atoms with E-state index in [1.54, 1.807) is 17.0 Å². The molecule has 2 rings (SSSR count). The number of carbonyl (C=O) groups is 2. The number of hydrogen-bond acceptors (Lipinski definition) is 4. The number of carbonyl (C=O) groups excluding carboxylic acids is 2. The fourth-order valence-electron chi connectivity index (χ4n) is 2.74. The van der Waals surface area contributed by atoms with E-state index in [0.717, 1.165) is 12.8 Å². The Labute approximate surface area is 149 Å². The van der Waals surface area contributed by atoms with E-state index in [4.69, 9.17) is 9.47 Å². The van der Waals surface area contributed by atoms with Crippen molar-refractivity contribution in [3.8, 4) is 11.5 Å². The zero-order valence-corrected chi connectivity index (χ0v) is 15.3. The van der Waals surface area contributed by atoms with Crippen LogP contribution in [0.15, 0.2) is 18.2 Å². The molecule has 25 heavy (non-hydrogen) atoms. The second-order valence-electron chi connectivity index (χ2n) is 6.18. The van der Waals surface area contributed by atoms with Crippen LogP contribution in [0.25, 0.3) is 0 Å². The summed E-state index contributed by atoms with van der Waals surface area (Å²) in [7, 11) is 0. The summed E-state index contributed by atoms with van der Waals surface area (Å²) in [5.41, 5.74) is 0.655. The Kier molecular flexibility index (Phi) is 7.10. The lowest BCUT2D eigenvalue weighted by Gasteiger charge is -2.16. The largest absolute Gasteiger partial charge is 0.490 e. The summed E-state index contributed by atoms with van der Waals surface area (Å²) in [6.07, 6.45) is 2.08. The lowest BCUT2D eigenvalue weighted by Crippen LogP contribution is -2.28. The Morgan fingerprint density at radius 3 is 2.44 bits per heavy atom. The number of nitrogens with zero attached hydrogens (tertiary/aromatic N) is 1. The summed E-state index contributed by atoms with van der Waals surface area (Å²) in [5.74, 6) is 0.918. The summed E-state index contributed by atoms with van der Waals surface area (Å²) in [4.78, 5) is 26.0. The first-order chi connectivity index (χ1) is 12.1. The highest BCUT2D eigenvalue weighted by molar-refractivity contribution is 5.97. The van der Waals surface area contributed by atoms with Gasteiger partial charge in [-0.1, -0.05) is 13.8 Å². The minimum Gasteiger partial charge on any atom is -0.490 e. The molecule has 0 saturated carbocycles. The third-order valence-corrected chi connectivity index (χ3v) is 4.10. The van der Waals surface area contributed by atoms with Crippen molar-refractivity contribution in [2.24, 2.45) is 5.92 Å². The molecule has 1 fully saturated rings. The average Bonchev–Trinajstić information content (AvgIpc) is 3.00. The number of ether oxygens (including phenoxy) is 2. The maximum Gasteiger partial charge on any atom is 0.229 e. The average molecular weight is 348 g/mol. The molecule has 1 heterocycles. The van der Waals surface area contributed by atoms with Crippen molar-refractivity contribution in [1.82, 2.24) is 4.90 Å². The number of nitrogens with one attached hydrogen (secondary N) is 1. The van der Waals surface area contributed by atoms with Crippen LogP contribution in [0.4, 0.5) is 5.69 Å². The first-order valence-electron chi connectivity index (χ1n) is 9.07. The molecule has 1 aliphatic heterocycles. The van der Waals surface area contributed by atoms with E-state index in [1.807, 2.05) is 26.8 Å². The van der Waals surface area contributed by atoms with Crippen LogP contribution in [0.5, 0.6) is 11.5 Å². The van der Waals surface area contributed by atoms with Crippen molar-refractivity contribution in [3.63, 3.8) is 0 Å². The number of benzene rings is 1.